The molecule has 0 aromatic carbocycles. The van der Waals surface area contributed by atoms with Gasteiger partial charge in [-0.2, -0.15) is 0 Å². The van der Waals surface area contributed by atoms with Crippen molar-refractivity contribution in [3.05, 3.63) is 11.4 Å². The lowest BCUT2D eigenvalue weighted by atomic mass is 10.3. The zero-order valence-electron chi connectivity index (χ0n) is 9.51. The molecule has 92 valence electrons. The highest BCUT2D eigenvalue weighted by Crippen LogP contribution is 2.33. The Balaban J connectivity index is 3.56. The Bertz CT molecular complexity index is 585. The fraction of sp³-hybridized carbons (Fsp3) is 0.556. The van der Waals surface area contributed by atoms with Gasteiger partial charge in [0.25, 0.3) is 0 Å². The second kappa shape index (κ2) is 3.82. The summed E-state index contributed by atoms with van der Waals surface area (Å²) in [6.07, 6.45) is 1.01. The molecule has 0 bridgehead atoms. The van der Waals surface area contributed by atoms with Crippen molar-refractivity contribution in [2.75, 3.05) is 6.26 Å². The second-order valence-electron chi connectivity index (χ2n) is 4.46. The molecular weight excluding hydrogens is 268 g/mol. The topological polar surface area (TPSA) is 68.3 Å². The first-order valence-electron chi connectivity index (χ1n) is 4.50. The van der Waals surface area contributed by atoms with Gasteiger partial charge in [-0.25, -0.2) is 16.8 Å². The van der Waals surface area contributed by atoms with Crippen LogP contribution in [-0.2, 0) is 19.7 Å². The Hall–Kier alpha value is -0.400. The van der Waals surface area contributed by atoms with E-state index in [1.807, 2.05) is 0 Å². The number of hydrogen-bond acceptors (Lipinski definition) is 5. The van der Waals surface area contributed by atoms with E-state index in [2.05, 4.69) is 0 Å². The van der Waals surface area contributed by atoms with E-state index in [9.17, 15) is 16.8 Å². The van der Waals surface area contributed by atoms with Crippen LogP contribution < -0.4 is 0 Å². The third-order valence-corrected chi connectivity index (χ3v) is 7.61. The molecule has 1 aromatic heterocycles. The summed E-state index contributed by atoms with van der Waals surface area (Å²) in [5.41, 5.74) is 0. The van der Waals surface area contributed by atoms with E-state index in [-0.39, 0.29) is 9.10 Å². The van der Waals surface area contributed by atoms with Crippen LogP contribution in [0.15, 0.2) is 20.6 Å². The standard InChI is InChI=1S/C9H14O4S3/c1-9(2,3)16(12,13)7-5-6-14-8(7)15(4,10)11/h5-6H,1-4H3. The minimum absolute atomic E-state index is 0.0811. The summed E-state index contributed by atoms with van der Waals surface area (Å²) in [6.45, 7) is 4.64. The van der Waals surface area contributed by atoms with Crippen LogP contribution >= 0.6 is 11.3 Å². The number of sulfone groups is 2. The molecule has 0 N–H and O–H groups in total. The van der Waals surface area contributed by atoms with Crippen LogP contribution in [-0.4, -0.2) is 27.8 Å². The molecule has 0 aliphatic rings. The van der Waals surface area contributed by atoms with Gasteiger partial charge >= 0.3 is 0 Å². The van der Waals surface area contributed by atoms with E-state index in [1.54, 1.807) is 20.8 Å². The number of rotatable bonds is 2. The largest absolute Gasteiger partial charge is 0.223 e. The smallest absolute Gasteiger partial charge is 0.186 e. The molecule has 0 fully saturated rings. The number of thiophene rings is 1. The maximum Gasteiger partial charge on any atom is 0.186 e. The van der Waals surface area contributed by atoms with Gasteiger partial charge < -0.3 is 0 Å². The zero-order chi connectivity index (χ0) is 12.8. The van der Waals surface area contributed by atoms with Crippen LogP contribution in [0.5, 0.6) is 0 Å². The lowest BCUT2D eigenvalue weighted by Gasteiger charge is -2.18. The minimum atomic E-state index is -3.62. The molecule has 0 unspecified atom stereocenters. The maximum atomic E-state index is 12.1. The summed E-state index contributed by atoms with van der Waals surface area (Å²) in [7, 11) is -7.11. The van der Waals surface area contributed by atoms with Gasteiger partial charge in [0.05, 0.1) is 9.64 Å². The van der Waals surface area contributed by atoms with E-state index >= 15 is 0 Å². The van der Waals surface area contributed by atoms with E-state index in [1.165, 1.54) is 11.4 Å². The summed E-state index contributed by atoms with van der Waals surface area (Å²) in [4.78, 5) is -0.0903. The predicted octanol–water partition coefficient (Wildman–Crippen LogP) is 1.72. The number of hydrogen-bond donors (Lipinski definition) is 0. The van der Waals surface area contributed by atoms with Gasteiger partial charge in [-0.05, 0) is 32.2 Å². The molecule has 1 aromatic rings. The van der Waals surface area contributed by atoms with Gasteiger partial charge in [-0.1, -0.05) is 0 Å². The molecule has 0 saturated heterocycles. The van der Waals surface area contributed by atoms with Crippen LogP contribution in [0, 0.1) is 0 Å². The summed E-state index contributed by atoms with van der Waals surface area (Å²) < 4.78 is 46.0. The SMILES string of the molecule is CC(C)(C)S(=O)(=O)c1ccsc1S(C)(=O)=O. The fourth-order valence-electron chi connectivity index (χ4n) is 1.08. The molecule has 0 amide bonds. The minimum Gasteiger partial charge on any atom is -0.223 e. The van der Waals surface area contributed by atoms with Gasteiger partial charge in [-0.15, -0.1) is 11.3 Å². The highest BCUT2D eigenvalue weighted by Gasteiger charge is 2.35. The molecule has 0 aliphatic heterocycles. The third kappa shape index (κ3) is 2.31. The van der Waals surface area contributed by atoms with Crippen LogP contribution in [0.1, 0.15) is 20.8 Å². The molecule has 0 aliphatic carbocycles. The molecule has 0 spiro atoms. The molecule has 16 heavy (non-hydrogen) atoms. The first kappa shape index (κ1) is 13.7. The molecule has 1 rings (SSSR count). The van der Waals surface area contributed by atoms with Crippen molar-refractivity contribution in [1.82, 2.24) is 0 Å². The maximum absolute atomic E-state index is 12.1. The van der Waals surface area contributed by atoms with Crippen molar-refractivity contribution < 1.29 is 16.8 Å². The molecule has 0 radical (unpaired) electrons. The highest BCUT2D eigenvalue weighted by atomic mass is 32.2. The van der Waals surface area contributed by atoms with E-state index in [4.69, 9.17) is 0 Å². The average molecular weight is 282 g/mol. The van der Waals surface area contributed by atoms with E-state index in [0.717, 1.165) is 17.6 Å². The third-order valence-electron chi connectivity index (χ3n) is 2.03. The van der Waals surface area contributed by atoms with Gasteiger partial charge in [-0.3, -0.25) is 0 Å². The van der Waals surface area contributed by atoms with Crippen molar-refractivity contribution in [2.24, 2.45) is 0 Å². The molecule has 7 heteroatoms. The summed E-state index contributed by atoms with van der Waals surface area (Å²) in [5.74, 6) is 0. The Morgan fingerprint density at radius 2 is 1.62 bits per heavy atom. The summed E-state index contributed by atoms with van der Waals surface area (Å²) >= 11 is 0.932. The van der Waals surface area contributed by atoms with Crippen molar-refractivity contribution in [3.8, 4) is 0 Å². The Morgan fingerprint density at radius 1 is 1.12 bits per heavy atom. The molecular formula is C9H14O4S3. The lowest BCUT2D eigenvalue weighted by Crippen LogP contribution is -2.28. The van der Waals surface area contributed by atoms with E-state index < -0.39 is 24.4 Å². The predicted molar refractivity (Wildman–Crippen MR) is 64.4 cm³/mol. The Labute approximate surface area is 100 Å². The Morgan fingerprint density at radius 3 is 2.00 bits per heavy atom. The monoisotopic (exact) mass is 282 g/mol. The molecule has 0 atom stereocenters. The van der Waals surface area contributed by atoms with Crippen molar-refractivity contribution in [3.63, 3.8) is 0 Å². The molecule has 1 heterocycles. The first-order chi connectivity index (χ1) is 6.98. The first-order valence-corrected chi connectivity index (χ1v) is 8.75. The lowest BCUT2D eigenvalue weighted by molar-refractivity contribution is 0.557. The van der Waals surface area contributed by atoms with Crippen LogP contribution in [0.3, 0.4) is 0 Å². The van der Waals surface area contributed by atoms with Gasteiger partial charge in [0, 0.05) is 6.26 Å². The van der Waals surface area contributed by atoms with E-state index in [0.29, 0.717) is 0 Å². The van der Waals surface area contributed by atoms with Gasteiger partial charge in [0.2, 0.25) is 0 Å². The normalized spacial score (nSPS) is 14.0. The van der Waals surface area contributed by atoms with Crippen molar-refractivity contribution in [1.29, 1.82) is 0 Å². The molecule has 4 nitrogen and oxygen atoms in total. The van der Waals surface area contributed by atoms with Crippen LogP contribution in [0.4, 0.5) is 0 Å². The van der Waals surface area contributed by atoms with Crippen molar-refractivity contribution >= 4 is 31.0 Å². The molecule has 0 saturated carbocycles. The average Bonchev–Trinajstić information content (AvgIpc) is 2.47. The van der Waals surface area contributed by atoms with Gasteiger partial charge in [0.1, 0.15) is 4.21 Å². The van der Waals surface area contributed by atoms with Crippen molar-refractivity contribution in [2.45, 2.75) is 34.6 Å². The quantitative estimate of drug-likeness (QED) is 0.828. The fourth-order valence-corrected chi connectivity index (χ4v) is 5.36. The van der Waals surface area contributed by atoms with Crippen LogP contribution in [0.25, 0.3) is 0 Å². The zero-order valence-corrected chi connectivity index (χ0v) is 12.0. The van der Waals surface area contributed by atoms with Crippen LogP contribution in [0.2, 0.25) is 0 Å². The highest BCUT2D eigenvalue weighted by molar-refractivity contribution is 7.96. The summed E-state index contributed by atoms with van der Waals surface area (Å²) in [6, 6.07) is 1.35. The summed E-state index contributed by atoms with van der Waals surface area (Å²) in [5, 5.41) is 1.48. The van der Waals surface area contributed by atoms with Gasteiger partial charge in [0.15, 0.2) is 19.7 Å². The Kier molecular flexibility index (Phi) is 3.26. The second-order valence-corrected chi connectivity index (χ2v) is 10.3.